The zero-order valence-corrected chi connectivity index (χ0v) is 16.4. The monoisotopic (exact) mass is 356 g/mol. The van der Waals surface area contributed by atoms with E-state index in [1.54, 1.807) is 6.34 Å². The summed E-state index contributed by atoms with van der Waals surface area (Å²) in [6, 6.07) is 1.97. The van der Waals surface area contributed by atoms with Crippen molar-refractivity contribution in [2.45, 2.75) is 70.7 Å². The minimum absolute atomic E-state index is 0.0661. The van der Waals surface area contributed by atoms with Crippen LogP contribution in [0.15, 0.2) is 26.1 Å². The lowest BCUT2D eigenvalue weighted by Gasteiger charge is -2.43. The lowest BCUT2D eigenvalue weighted by atomic mass is 9.89. The molecule has 0 bridgehead atoms. The third-order valence-corrected chi connectivity index (χ3v) is 6.38. The van der Waals surface area contributed by atoms with Crippen LogP contribution in [-0.2, 0) is 0 Å². The molecule has 2 fully saturated rings. The van der Waals surface area contributed by atoms with Crippen LogP contribution in [0.2, 0.25) is 0 Å². The number of allylic oxidation sites excluding steroid dienone is 1. The molecule has 6 nitrogen and oxygen atoms in total. The number of nitrogens with one attached hydrogen (secondary N) is 1. The van der Waals surface area contributed by atoms with Crippen LogP contribution in [0.1, 0.15) is 46.5 Å². The Hall–Kier alpha value is -1.53. The third-order valence-electron chi connectivity index (χ3n) is 6.38. The van der Waals surface area contributed by atoms with Gasteiger partial charge in [0.15, 0.2) is 6.17 Å². The molecule has 3 heterocycles. The summed E-state index contributed by atoms with van der Waals surface area (Å²) in [5.74, 6) is 0.994. The predicted octanol–water partition coefficient (Wildman–Crippen LogP) is 2.08. The molecule has 1 atom stereocenters. The van der Waals surface area contributed by atoms with Gasteiger partial charge < -0.3 is 5.32 Å². The highest BCUT2D eigenvalue weighted by atomic mass is 15.3. The molecular formula is C20H32N6. The van der Waals surface area contributed by atoms with Gasteiger partial charge in [0.05, 0.1) is 0 Å². The highest BCUT2D eigenvalue weighted by Gasteiger charge is 2.31. The average Bonchev–Trinajstić information content (AvgIpc) is 3.05. The molecule has 4 rings (SSSR count). The first-order valence-electron chi connectivity index (χ1n) is 10.2. The van der Waals surface area contributed by atoms with E-state index < -0.39 is 0 Å². The van der Waals surface area contributed by atoms with Gasteiger partial charge >= 0.3 is 0 Å². The van der Waals surface area contributed by atoms with Crippen molar-refractivity contribution in [3.8, 4) is 0 Å². The Morgan fingerprint density at radius 1 is 1.04 bits per heavy atom. The molecule has 0 radical (unpaired) electrons. The molecule has 3 aliphatic heterocycles. The van der Waals surface area contributed by atoms with Crippen LogP contribution in [0, 0.1) is 0 Å². The van der Waals surface area contributed by atoms with Crippen molar-refractivity contribution in [2.24, 2.45) is 15.0 Å². The van der Waals surface area contributed by atoms with Crippen LogP contribution in [0.4, 0.5) is 0 Å². The van der Waals surface area contributed by atoms with Crippen LogP contribution >= 0.6 is 0 Å². The molecule has 1 aliphatic carbocycles. The van der Waals surface area contributed by atoms with Gasteiger partial charge in [-0.2, -0.15) is 0 Å². The molecule has 0 aromatic carbocycles. The number of rotatable bonds is 3. The summed E-state index contributed by atoms with van der Waals surface area (Å²) in [7, 11) is 0. The predicted molar refractivity (Wildman–Crippen MR) is 108 cm³/mol. The van der Waals surface area contributed by atoms with Crippen molar-refractivity contribution < 1.29 is 0 Å². The van der Waals surface area contributed by atoms with Crippen LogP contribution < -0.4 is 5.32 Å². The van der Waals surface area contributed by atoms with Gasteiger partial charge in [-0.05, 0) is 52.0 Å². The lowest BCUT2D eigenvalue weighted by molar-refractivity contribution is 0.0614. The van der Waals surface area contributed by atoms with E-state index in [2.05, 4.69) is 50.9 Å². The summed E-state index contributed by atoms with van der Waals surface area (Å²) in [5.41, 5.74) is 2.36. The molecule has 4 aliphatic rings. The van der Waals surface area contributed by atoms with E-state index in [4.69, 9.17) is 0 Å². The minimum atomic E-state index is -0.0661. The second kappa shape index (κ2) is 7.61. The van der Waals surface area contributed by atoms with Gasteiger partial charge in [-0.25, -0.2) is 9.98 Å². The van der Waals surface area contributed by atoms with Gasteiger partial charge in [-0.1, -0.05) is 0 Å². The fourth-order valence-corrected chi connectivity index (χ4v) is 4.69. The van der Waals surface area contributed by atoms with E-state index in [1.807, 2.05) is 6.21 Å². The molecule has 1 saturated heterocycles. The van der Waals surface area contributed by atoms with Crippen LogP contribution in [0.25, 0.3) is 0 Å². The van der Waals surface area contributed by atoms with Crippen molar-refractivity contribution >= 4 is 18.4 Å². The highest BCUT2D eigenvalue weighted by molar-refractivity contribution is 6.10. The maximum atomic E-state index is 4.51. The largest absolute Gasteiger partial charge is 0.367 e. The van der Waals surface area contributed by atoms with Crippen molar-refractivity contribution in [3.05, 3.63) is 11.1 Å². The maximum absolute atomic E-state index is 4.51. The molecule has 26 heavy (non-hydrogen) atoms. The number of piperazine rings is 1. The van der Waals surface area contributed by atoms with Crippen molar-refractivity contribution in [1.82, 2.24) is 15.1 Å². The van der Waals surface area contributed by atoms with Gasteiger partial charge in [-0.3, -0.25) is 14.8 Å². The van der Waals surface area contributed by atoms with Crippen molar-refractivity contribution in [3.63, 3.8) is 0 Å². The number of aliphatic imine (C=N–C) groups is 3. The van der Waals surface area contributed by atoms with Crippen LogP contribution in [-0.4, -0.2) is 78.7 Å². The number of amidine groups is 1. The van der Waals surface area contributed by atoms with Crippen molar-refractivity contribution in [1.29, 1.82) is 0 Å². The zero-order chi connectivity index (χ0) is 18.1. The average molecular weight is 357 g/mol. The Kier molecular flexibility index (Phi) is 5.23. The Balaban J connectivity index is 1.28. The lowest BCUT2D eigenvalue weighted by Crippen LogP contribution is -2.53. The quantitative estimate of drug-likeness (QED) is 0.842. The maximum Gasteiger partial charge on any atom is 0.170 e. The Labute approximate surface area is 157 Å². The number of nitrogens with zero attached hydrogens (tertiary/aromatic N) is 5. The molecule has 0 amide bonds. The normalized spacial score (nSPS) is 32.9. The number of hydrogen-bond donors (Lipinski definition) is 1. The molecule has 1 saturated carbocycles. The molecule has 142 valence electrons. The second-order valence-corrected chi connectivity index (χ2v) is 8.31. The van der Waals surface area contributed by atoms with E-state index in [0.717, 1.165) is 11.9 Å². The Bertz CT molecular complexity index is 631. The van der Waals surface area contributed by atoms with E-state index in [0.29, 0.717) is 12.1 Å². The fourth-order valence-electron chi connectivity index (χ4n) is 4.69. The van der Waals surface area contributed by atoms with Crippen LogP contribution in [0.3, 0.4) is 0 Å². The van der Waals surface area contributed by atoms with Gasteiger partial charge in [0.1, 0.15) is 12.2 Å². The first-order valence-corrected chi connectivity index (χ1v) is 10.2. The highest BCUT2D eigenvalue weighted by Crippen LogP contribution is 2.27. The van der Waals surface area contributed by atoms with E-state index in [-0.39, 0.29) is 6.17 Å². The second-order valence-electron chi connectivity index (χ2n) is 8.31. The summed E-state index contributed by atoms with van der Waals surface area (Å²) in [6.45, 7) is 11.6. The zero-order valence-electron chi connectivity index (χ0n) is 16.4. The first kappa shape index (κ1) is 17.9. The first-order chi connectivity index (χ1) is 12.6. The van der Waals surface area contributed by atoms with E-state index in [1.165, 1.54) is 63.0 Å². The smallest absolute Gasteiger partial charge is 0.170 e. The molecular weight excluding hydrogens is 324 g/mol. The Morgan fingerprint density at radius 3 is 2.46 bits per heavy atom. The molecule has 0 spiro atoms. The summed E-state index contributed by atoms with van der Waals surface area (Å²) in [5, 5.41) is 3.70. The molecule has 1 N–H and O–H groups in total. The van der Waals surface area contributed by atoms with Crippen molar-refractivity contribution in [2.75, 3.05) is 26.2 Å². The molecule has 6 heteroatoms. The van der Waals surface area contributed by atoms with Gasteiger partial charge in [0, 0.05) is 56.1 Å². The number of fused-ring (bicyclic) bond motifs is 1. The SMILES string of the molecule is CC1=C2C(N[C@H]3CC[C@@H](N4CCN(C(C)C)CC4)CC3)=NC=NC2N=C1. The summed E-state index contributed by atoms with van der Waals surface area (Å²) < 4.78 is 0. The standard InChI is InChI=1S/C20H32N6/c1-14(2)25-8-10-26(11-9-25)17-6-4-16(5-7-17)24-20-18-15(3)12-21-19(18)22-13-23-20/h12-14,16-17,19H,4-11H2,1-3H3,(H,22,23,24)/t16-,17+,19?. The van der Waals surface area contributed by atoms with Crippen LogP contribution in [0.5, 0.6) is 0 Å². The Morgan fingerprint density at radius 2 is 1.77 bits per heavy atom. The number of hydrogen-bond acceptors (Lipinski definition) is 6. The summed E-state index contributed by atoms with van der Waals surface area (Å²) >= 11 is 0. The summed E-state index contributed by atoms with van der Waals surface area (Å²) in [4.78, 5) is 18.6. The van der Waals surface area contributed by atoms with Gasteiger partial charge in [0.25, 0.3) is 0 Å². The topological polar surface area (TPSA) is 55.6 Å². The van der Waals surface area contributed by atoms with E-state index >= 15 is 0 Å². The molecule has 1 unspecified atom stereocenters. The molecule has 0 aromatic heterocycles. The third kappa shape index (κ3) is 3.62. The minimum Gasteiger partial charge on any atom is -0.367 e. The van der Waals surface area contributed by atoms with E-state index in [9.17, 15) is 0 Å². The molecule has 0 aromatic rings. The fraction of sp³-hybridized carbons (Fsp3) is 0.750. The van der Waals surface area contributed by atoms with Gasteiger partial charge in [0.2, 0.25) is 0 Å². The van der Waals surface area contributed by atoms with Gasteiger partial charge in [-0.15, -0.1) is 0 Å². The summed E-state index contributed by atoms with van der Waals surface area (Å²) in [6.07, 6.45) is 8.55.